The van der Waals surface area contributed by atoms with Crippen LogP contribution in [-0.2, 0) is 9.09 Å². The molecule has 0 fully saturated rings. The number of rotatable bonds is 13. The molecule has 0 saturated carbocycles. The van der Waals surface area contributed by atoms with E-state index in [9.17, 15) is 4.57 Å². The highest BCUT2D eigenvalue weighted by Gasteiger charge is 2.16. The lowest BCUT2D eigenvalue weighted by Gasteiger charge is -2.14. The standard InChI is InChI=1S/C8H19N.C8H19O4P/c1-2-3-4-5-6-7-8-9;1-3-5-6-8(4-2)7-12-13(9,10)11/h2-9H2,1H3;8H,3-7H2,1-2H3,(H2,9,10,11). The normalized spacial score (nSPS) is 12.6. The Kier molecular flexibility index (Phi) is 19.3. The van der Waals surface area contributed by atoms with Gasteiger partial charge >= 0.3 is 7.82 Å². The van der Waals surface area contributed by atoms with Crippen molar-refractivity contribution in [1.29, 1.82) is 0 Å². The second kappa shape index (κ2) is 17.4. The zero-order chi connectivity index (χ0) is 17.3. The highest BCUT2D eigenvalue weighted by atomic mass is 31.2. The van der Waals surface area contributed by atoms with Crippen molar-refractivity contribution in [3.63, 3.8) is 0 Å². The fraction of sp³-hybridized carbons (Fsp3) is 1.00. The minimum atomic E-state index is -4.26. The van der Waals surface area contributed by atoms with Gasteiger partial charge in [0.1, 0.15) is 0 Å². The van der Waals surface area contributed by atoms with Crippen LogP contribution in [-0.4, -0.2) is 22.9 Å². The number of phosphoric acid groups is 1. The van der Waals surface area contributed by atoms with Gasteiger partial charge in [0.05, 0.1) is 6.61 Å². The molecule has 0 saturated heterocycles. The van der Waals surface area contributed by atoms with Crippen molar-refractivity contribution in [3.8, 4) is 0 Å². The van der Waals surface area contributed by atoms with Gasteiger partial charge in [-0.3, -0.25) is 4.52 Å². The van der Waals surface area contributed by atoms with Crippen LogP contribution in [0, 0.1) is 5.92 Å². The molecule has 5 nitrogen and oxygen atoms in total. The van der Waals surface area contributed by atoms with Gasteiger partial charge in [-0.05, 0) is 25.3 Å². The monoisotopic (exact) mass is 339 g/mol. The fourth-order valence-corrected chi connectivity index (χ4v) is 2.43. The number of hydrogen-bond donors (Lipinski definition) is 3. The molecule has 1 atom stereocenters. The van der Waals surface area contributed by atoms with E-state index in [0.29, 0.717) is 0 Å². The van der Waals surface area contributed by atoms with E-state index in [1.165, 1.54) is 38.5 Å². The Morgan fingerprint density at radius 1 is 0.955 bits per heavy atom. The van der Waals surface area contributed by atoms with E-state index in [0.717, 1.165) is 32.2 Å². The lowest BCUT2D eigenvalue weighted by atomic mass is 10.0. The van der Waals surface area contributed by atoms with Crippen molar-refractivity contribution in [2.24, 2.45) is 11.7 Å². The molecule has 4 N–H and O–H groups in total. The van der Waals surface area contributed by atoms with Gasteiger partial charge in [-0.25, -0.2) is 4.57 Å². The summed E-state index contributed by atoms with van der Waals surface area (Å²) in [6.45, 7) is 7.37. The molecule has 0 aliphatic rings. The van der Waals surface area contributed by atoms with E-state index in [4.69, 9.17) is 15.5 Å². The predicted molar refractivity (Wildman–Crippen MR) is 93.7 cm³/mol. The number of hydrogen-bond acceptors (Lipinski definition) is 3. The Labute approximate surface area is 137 Å². The molecular weight excluding hydrogens is 301 g/mol. The van der Waals surface area contributed by atoms with Crippen LogP contribution in [0.25, 0.3) is 0 Å². The van der Waals surface area contributed by atoms with Crippen molar-refractivity contribution in [1.82, 2.24) is 0 Å². The van der Waals surface area contributed by atoms with E-state index in [2.05, 4.69) is 18.4 Å². The highest BCUT2D eigenvalue weighted by Crippen LogP contribution is 2.36. The van der Waals surface area contributed by atoms with Crippen molar-refractivity contribution < 1.29 is 18.9 Å². The van der Waals surface area contributed by atoms with Crippen molar-refractivity contribution in [2.45, 2.75) is 85.0 Å². The maximum Gasteiger partial charge on any atom is 0.469 e. The first-order chi connectivity index (χ1) is 10.4. The molecule has 0 amide bonds. The quantitative estimate of drug-likeness (QED) is 0.336. The van der Waals surface area contributed by atoms with E-state index in [1.807, 2.05) is 6.92 Å². The van der Waals surface area contributed by atoms with Crippen molar-refractivity contribution >= 4 is 7.82 Å². The summed E-state index contributed by atoms with van der Waals surface area (Å²) >= 11 is 0. The Morgan fingerprint density at radius 2 is 1.50 bits per heavy atom. The first-order valence-electron chi connectivity index (χ1n) is 8.81. The lowest BCUT2D eigenvalue weighted by Crippen LogP contribution is -2.07. The van der Waals surface area contributed by atoms with Crippen LogP contribution in [0.15, 0.2) is 0 Å². The summed E-state index contributed by atoms with van der Waals surface area (Å²) in [6, 6.07) is 0. The van der Waals surface area contributed by atoms with Gasteiger partial charge < -0.3 is 15.5 Å². The average Bonchev–Trinajstić information content (AvgIpc) is 2.47. The second-order valence-electron chi connectivity index (χ2n) is 5.76. The second-order valence-corrected chi connectivity index (χ2v) is 7.00. The SMILES string of the molecule is CCCCC(CC)COP(=O)(O)O.CCCCCCCCN. The average molecular weight is 339 g/mol. The number of nitrogens with two attached hydrogens (primary N) is 1. The molecule has 6 heteroatoms. The van der Waals surface area contributed by atoms with Gasteiger partial charge in [0, 0.05) is 0 Å². The first-order valence-corrected chi connectivity index (χ1v) is 10.3. The summed E-state index contributed by atoms with van der Waals surface area (Å²) in [5.74, 6) is 0.271. The van der Waals surface area contributed by atoms with Crippen LogP contribution in [0.5, 0.6) is 0 Å². The van der Waals surface area contributed by atoms with Crippen LogP contribution in [0.1, 0.15) is 85.0 Å². The van der Waals surface area contributed by atoms with Crippen LogP contribution < -0.4 is 5.73 Å². The van der Waals surface area contributed by atoms with E-state index in [1.54, 1.807) is 0 Å². The summed E-state index contributed by atoms with van der Waals surface area (Å²) in [5.41, 5.74) is 5.34. The Hall–Kier alpha value is 0.0700. The Morgan fingerprint density at radius 3 is 1.95 bits per heavy atom. The van der Waals surface area contributed by atoms with E-state index < -0.39 is 7.82 Å². The minimum Gasteiger partial charge on any atom is -0.330 e. The third kappa shape index (κ3) is 22.4. The van der Waals surface area contributed by atoms with Gasteiger partial charge in [0.2, 0.25) is 0 Å². The van der Waals surface area contributed by atoms with Crippen LogP contribution in [0.3, 0.4) is 0 Å². The van der Waals surface area contributed by atoms with Gasteiger partial charge in [0.25, 0.3) is 0 Å². The molecule has 136 valence electrons. The molecule has 0 heterocycles. The lowest BCUT2D eigenvalue weighted by molar-refractivity contribution is 0.161. The van der Waals surface area contributed by atoms with Crippen LogP contribution in [0.4, 0.5) is 0 Å². The molecule has 22 heavy (non-hydrogen) atoms. The number of phosphoric ester groups is 1. The third-order valence-corrected chi connectivity index (χ3v) is 4.06. The molecular formula is C16H38NO4P. The summed E-state index contributed by atoms with van der Waals surface area (Å²) in [4.78, 5) is 17.0. The summed E-state index contributed by atoms with van der Waals surface area (Å²) in [7, 11) is -4.26. The maximum atomic E-state index is 10.4. The summed E-state index contributed by atoms with van der Waals surface area (Å²) in [5, 5.41) is 0. The Bertz CT molecular complexity index is 253. The van der Waals surface area contributed by atoms with Gasteiger partial charge in [0.15, 0.2) is 0 Å². The molecule has 0 aromatic heterocycles. The van der Waals surface area contributed by atoms with Crippen LogP contribution >= 0.6 is 7.82 Å². The molecule has 0 aromatic carbocycles. The van der Waals surface area contributed by atoms with Gasteiger partial charge in [-0.2, -0.15) is 0 Å². The first kappa shape index (κ1) is 24.3. The van der Waals surface area contributed by atoms with Gasteiger partial charge in [-0.15, -0.1) is 0 Å². The van der Waals surface area contributed by atoms with Gasteiger partial charge in [-0.1, -0.05) is 72.1 Å². The molecule has 0 spiro atoms. The van der Waals surface area contributed by atoms with E-state index >= 15 is 0 Å². The third-order valence-electron chi connectivity index (χ3n) is 3.58. The van der Waals surface area contributed by atoms with Crippen LogP contribution in [0.2, 0.25) is 0 Å². The summed E-state index contributed by atoms with van der Waals surface area (Å²) < 4.78 is 14.8. The van der Waals surface area contributed by atoms with Crippen molar-refractivity contribution in [3.05, 3.63) is 0 Å². The highest BCUT2D eigenvalue weighted by molar-refractivity contribution is 7.46. The zero-order valence-electron chi connectivity index (χ0n) is 14.8. The molecule has 1 unspecified atom stereocenters. The minimum absolute atomic E-state index is 0.167. The molecule has 0 aliphatic heterocycles. The maximum absolute atomic E-state index is 10.4. The largest absolute Gasteiger partial charge is 0.469 e. The Balaban J connectivity index is 0. The van der Waals surface area contributed by atoms with Crippen molar-refractivity contribution in [2.75, 3.05) is 13.2 Å². The molecule has 0 bridgehead atoms. The topological polar surface area (TPSA) is 92.8 Å². The molecule has 0 rings (SSSR count). The molecule has 0 aromatic rings. The number of unbranched alkanes of at least 4 members (excludes halogenated alkanes) is 6. The van der Waals surface area contributed by atoms with E-state index in [-0.39, 0.29) is 12.5 Å². The molecule has 0 aliphatic carbocycles. The predicted octanol–water partition coefficient (Wildman–Crippen LogP) is 4.62. The smallest absolute Gasteiger partial charge is 0.330 e. The fourth-order valence-electron chi connectivity index (χ4n) is 2.03. The summed E-state index contributed by atoms with van der Waals surface area (Å²) in [6.07, 6.45) is 12.1. The zero-order valence-corrected chi connectivity index (χ0v) is 15.7. The molecule has 0 radical (unpaired) electrons.